The Kier molecular flexibility index (Phi) is 10.9. The number of nitrogens with zero attached hydrogens (tertiary/aromatic N) is 4. The minimum atomic E-state index is -1.20. The Bertz CT molecular complexity index is 2380. The molecule has 0 radical (unpaired) electrons. The lowest BCUT2D eigenvalue weighted by Gasteiger charge is -2.38. The van der Waals surface area contributed by atoms with Gasteiger partial charge in [0.15, 0.2) is 5.82 Å². The number of rotatable bonds is 9. The van der Waals surface area contributed by atoms with Crippen LogP contribution < -0.4 is 5.32 Å². The van der Waals surface area contributed by atoms with Gasteiger partial charge in [-0.3, -0.25) is 9.59 Å². The lowest BCUT2D eigenvalue weighted by molar-refractivity contribution is -0.156. The summed E-state index contributed by atoms with van der Waals surface area (Å²) in [7, 11) is 0. The summed E-state index contributed by atoms with van der Waals surface area (Å²) in [6, 6.07) is 42.2. The topological polar surface area (TPSA) is 138 Å². The Labute approximate surface area is 336 Å². The molecule has 2 atom stereocenters. The lowest BCUT2D eigenvalue weighted by atomic mass is 9.77. The van der Waals surface area contributed by atoms with Crippen molar-refractivity contribution in [2.45, 2.75) is 45.2 Å². The first kappa shape index (κ1) is 38.8. The maximum atomic E-state index is 14.6. The first-order chi connectivity index (χ1) is 27.4. The van der Waals surface area contributed by atoms with E-state index in [0.29, 0.717) is 45.5 Å². The van der Waals surface area contributed by atoms with Gasteiger partial charge in [0, 0.05) is 22.5 Å². The van der Waals surface area contributed by atoms with Gasteiger partial charge >= 0.3 is 12.1 Å². The van der Waals surface area contributed by atoms with Crippen LogP contribution in [0.1, 0.15) is 55.9 Å². The minimum absolute atomic E-state index is 0.202. The molecular weight excluding hydrogens is 738 g/mol. The number of ether oxygens (including phenoxy) is 1. The monoisotopic (exact) mass is 779 g/mol. The van der Waals surface area contributed by atoms with Crippen LogP contribution in [0.15, 0.2) is 127 Å². The van der Waals surface area contributed by atoms with E-state index in [-0.39, 0.29) is 19.0 Å². The van der Waals surface area contributed by atoms with Crippen molar-refractivity contribution in [1.29, 1.82) is 5.26 Å². The molecule has 2 heterocycles. The standard InChI is InChI=1S/C46H42ClN5O5/c1-45(2,3)43(54)57-29-40-35(20-13-25-51(40)44(55)56)42(53)49-41-37-27-31(36-26-30(28-48)21-23-38(36)47)22-24-39(37)52(50-41)46(32-14-7-4-8-15-32,33-16-9-5-10-17-33)34-18-11-6-12-19-34/h4-12,14-19,21-24,26-27,35,40H,13,20,25,29H2,1-3H3,(H,55,56)(H,49,50,53)/t35-,40?/m1/s1. The average molecular weight is 780 g/mol. The van der Waals surface area contributed by atoms with E-state index >= 15 is 0 Å². The fraction of sp³-hybridized carbons (Fsp3) is 0.239. The normalized spacial score (nSPS) is 15.8. The summed E-state index contributed by atoms with van der Waals surface area (Å²) in [6.45, 7) is 5.08. The predicted octanol–water partition coefficient (Wildman–Crippen LogP) is 9.35. The van der Waals surface area contributed by atoms with Crippen molar-refractivity contribution < 1.29 is 24.2 Å². The molecule has 0 bridgehead atoms. The Hall–Kier alpha value is -6.44. The molecule has 0 saturated carbocycles. The molecule has 7 rings (SSSR count). The summed E-state index contributed by atoms with van der Waals surface area (Å²) in [5, 5.41) is 29.3. The summed E-state index contributed by atoms with van der Waals surface area (Å²) in [5.74, 6) is -1.55. The number of carboxylic acid groups (broad SMARTS) is 1. The van der Waals surface area contributed by atoms with Crippen molar-refractivity contribution in [1.82, 2.24) is 14.7 Å². The summed E-state index contributed by atoms with van der Waals surface area (Å²) in [5.41, 5.74) is 3.36. The molecule has 6 aromatic rings. The van der Waals surface area contributed by atoms with Crippen LogP contribution in [0.5, 0.6) is 0 Å². The molecule has 1 aliphatic rings. The van der Waals surface area contributed by atoms with Crippen molar-refractivity contribution in [3.05, 3.63) is 155 Å². The number of likely N-dealkylation sites (tertiary alicyclic amines) is 1. The summed E-state index contributed by atoms with van der Waals surface area (Å²) in [6.07, 6.45) is -0.380. The fourth-order valence-corrected chi connectivity index (χ4v) is 7.97. The van der Waals surface area contributed by atoms with Gasteiger partial charge in [0.1, 0.15) is 12.1 Å². The van der Waals surface area contributed by atoms with Crippen LogP contribution in [0.3, 0.4) is 0 Å². The van der Waals surface area contributed by atoms with Gasteiger partial charge in [-0.25, -0.2) is 9.48 Å². The number of piperidine rings is 1. The number of nitriles is 1. The van der Waals surface area contributed by atoms with Crippen LogP contribution in [0.25, 0.3) is 22.0 Å². The van der Waals surface area contributed by atoms with Gasteiger partial charge < -0.3 is 20.1 Å². The number of aromatic nitrogens is 2. The molecule has 2 N–H and O–H groups in total. The number of carbonyl (C=O) groups is 3. The Morgan fingerprint density at radius 3 is 2.02 bits per heavy atom. The largest absolute Gasteiger partial charge is 0.465 e. The SMILES string of the molecule is CC(C)(C)C(=O)OCC1[C@H](C(=O)Nc2nn(C(c3ccccc3)(c3ccccc3)c3ccccc3)c3ccc(-c4cc(C#N)ccc4Cl)cc23)CCCN1C(=O)O. The van der Waals surface area contributed by atoms with Gasteiger partial charge in [-0.05, 0) is 86.2 Å². The van der Waals surface area contributed by atoms with E-state index in [1.807, 2.05) is 77.5 Å². The van der Waals surface area contributed by atoms with E-state index in [9.17, 15) is 24.8 Å². The second-order valence-corrected chi connectivity index (χ2v) is 15.6. The van der Waals surface area contributed by atoms with Crippen molar-refractivity contribution in [2.75, 3.05) is 18.5 Å². The molecule has 1 aliphatic heterocycles. The lowest BCUT2D eigenvalue weighted by Crippen LogP contribution is -2.54. The molecule has 1 aromatic heterocycles. The maximum absolute atomic E-state index is 14.6. The number of hydrogen-bond acceptors (Lipinski definition) is 6. The van der Waals surface area contributed by atoms with Gasteiger partial charge in [0.05, 0.1) is 34.5 Å². The molecule has 1 fully saturated rings. The number of hydrogen-bond donors (Lipinski definition) is 2. The van der Waals surface area contributed by atoms with E-state index in [2.05, 4.69) is 47.8 Å². The first-order valence-electron chi connectivity index (χ1n) is 18.8. The van der Waals surface area contributed by atoms with Gasteiger partial charge in [-0.2, -0.15) is 10.4 Å². The molecule has 1 saturated heterocycles. The Balaban J connectivity index is 1.44. The molecule has 5 aromatic carbocycles. The highest BCUT2D eigenvalue weighted by Gasteiger charge is 2.43. The van der Waals surface area contributed by atoms with Gasteiger partial charge in [-0.1, -0.05) is 109 Å². The highest BCUT2D eigenvalue weighted by molar-refractivity contribution is 6.33. The zero-order valence-electron chi connectivity index (χ0n) is 31.9. The first-order valence-corrected chi connectivity index (χ1v) is 19.2. The molecule has 2 amide bonds. The molecular formula is C46H42ClN5O5. The van der Waals surface area contributed by atoms with Crippen LogP contribution in [0, 0.1) is 22.7 Å². The predicted molar refractivity (Wildman–Crippen MR) is 220 cm³/mol. The van der Waals surface area contributed by atoms with E-state index in [4.69, 9.17) is 21.4 Å². The van der Waals surface area contributed by atoms with E-state index < -0.39 is 40.9 Å². The van der Waals surface area contributed by atoms with Gasteiger partial charge in [-0.15, -0.1) is 0 Å². The number of amides is 2. The molecule has 57 heavy (non-hydrogen) atoms. The second kappa shape index (κ2) is 16.0. The molecule has 0 spiro atoms. The van der Waals surface area contributed by atoms with Crippen molar-refractivity contribution in [3.8, 4) is 17.2 Å². The Morgan fingerprint density at radius 1 is 0.877 bits per heavy atom. The third-order valence-electron chi connectivity index (χ3n) is 10.6. The molecule has 0 aliphatic carbocycles. The number of anilines is 1. The molecule has 288 valence electrons. The highest BCUT2D eigenvalue weighted by atomic mass is 35.5. The quantitative estimate of drug-likeness (QED) is 0.110. The second-order valence-electron chi connectivity index (χ2n) is 15.2. The molecule has 1 unspecified atom stereocenters. The maximum Gasteiger partial charge on any atom is 0.407 e. The number of carbonyl (C=O) groups excluding carboxylic acids is 2. The smallest absolute Gasteiger partial charge is 0.407 e. The van der Waals surface area contributed by atoms with Gasteiger partial charge in [0.25, 0.3) is 0 Å². The fourth-order valence-electron chi connectivity index (χ4n) is 7.75. The molecule has 11 heteroatoms. The molecule has 10 nitrogen and oxygen atoms in total. The number of nitrogens with one attached hydrogen (secondary N) is 1. The average Bonchev–Trinajstić information content (AvgIpc) is 3.58. The zero-order valence-corrected chi connectivity index (χ0v) is 32.6. The van der Waals surface area contributed by atoms with Crippen molar-refractivity contribution in [2.24, 2.45) is 11.3 Å². The van der Waals surface area contributed by atoms with Crippen LogP contribution >= 0.6 is 11.6 Å². The van der Waals surface area contributed by atoms with Crippen LogP contribution in [0.4, 0.5) is 10.6 Å². The number of halogens is 1. The van der Waals surface area contributed by atoms with Gasteiger partial charge in [0.2, 0.25) is 5.91 Å². The summed E-state index contributed by atoms with van der Waals surface area (Å²) >= 11 is 6.73. The third kappa shape index (κ3) is 7.46. The van der Waals surface area contributed by atoms with Crippen molar-refractivity contribution >= 4 is 46.3 Å². The van der Waals surface area contributed by atoms with E-state index in [1.54, 1.807) is 39.0 Å². The summed E-state index contributed by atoms with van der Waals surface area (Å²) < 4.78 is 7.57. The van der Waals surface area contributed by atoms with E-state index in [1.165, 1.54) is 4.90 Å². The zero-order chi connectivity index (χ0) is 40.3. The van der Waals surface area contributed by atoms with Crippen LogP contribution in [0.2, 0.25) is 5.02 Å². The summed E-state index contributed by atoms with van der Waals surface area (Å²) in [4.78, 5) is 41.1. The number of benzene rings is 5. The van der Waals surface area contributed by atoms with Crippen molar-refractivity contribution in [3.63, 3.8) is 0 Å². The van der Waals surface area contributed by atoms with Crippen LogP contribution in [-0.2, 0) is 19.9 Å². The minimum Gasteiger partial charge on any atom is -0.465 e. The van der Waals surface area contributed by atoms with E-state index in [0.717, 1.165) is 16.7 Å². The highest BCUT2D eigenvalue weighted by Crippen LogP contribution is 2.44. The number of fused-ring (bicyclic) bond motifs is 1. The third-order valence-corrected chi connectivity index (χ3v) is 10.9. The Morgan fingerprint density at radius 2 is 1.47 bits per heavy atom. The van der Waals surface area contributed by atoms with Crippen LogP contribution in [-0.4, -0.2) is 57.0 Å². The number of esters is 1.